The van der Waals surface area contributed by atoms with Crippen LogP contribution in [0.5, 0.6) is 0 Å². The first-order valence-corrected chi connectivity index (χ1v) is 9.87. The molecule has 1 N–H and O–H groups in total. The van der Waals surface area contributed by atoms with Crippen LogP contribution in [0.2, 0.25) is 0 Å². The molecule has 0 saturated carbocycles. The third-order valence-corrected chi connectivity index (χ3v) is 5.74. The Labute approximate surface area is 146 Å². The van der Waals surface area contributed by atoms with Crippen LogP contribution in [0.4, 0.5) is 10.3 Å². The zero-order valence-corrected chi connectivity index (χ0v) is 14.8. The number of fused-ring (bicyclic) bond motifs is 1. The van der Waals surface area contributed by atoms with Crippen molar-refractivity contribution in [2.75, 3.05) is 23.4 Å². The predicted molar refractivity (Wildman–Crippen MR) is 98.0 cm³/mol. The van der Waals surface area contributed by atoms with E-state index in [0.29, 0.717) is 23.4 Å². The molecule has 0 bridgehead atoms. The number of hydrogen-bond donors (Lipinski definition) is 1. The zero-order chi connectivity index (χ0) is 17.9. The SMILES string of the molecule is Cn1c(NCCS(=O)(=O)CCc2ccccc2)nc2ccc(F)cc21. The van der Waals surface area contributed by atoms with E-state index in [1.54, 1.807) is 17.7 Å². The van der Waals surface area contributed by atoms with E-state index in [1.807, 2.05) is 30.3 Å². The van der Waals surface area contributed by atoms with E-state index in [9.17, 15) is 12.8 Å². The molecule has 0 aliphatic heterocycles. The van der Waals surface area contributed by atoms with Gasteiger partial charge in [-0.25, -0.2) is 17.8 Å². The van der Waals surface area contributed by atoms with Gasteiger partial charge >= 0.3 is 0 Å². The summed E-state index contributed by atoms with van der Waals surface area (Å²) in [6, 6.07) is 13.9. The first kappa shape index (κ1) is 17.4. The van der Waals surface area contributed by atoms with E-state index in [2.05, 4.69) is 10.3 Å². The predicted octanol–water partition coefficient (Wildman–Crippen LogP) is 2.78. The summed E-state index contributed by atoms with van der Waals surface area (Å²) in [6.07, 6.45) is 0.509. The monoisotopic (exact) mass is 361 g/mol. The van der Waals surface area contributed by atoms with Gasteiger partial charge in [0.05, 0.1) is 22.5 Å². The normalized spacial score (nSPS) is 11.8. The molecule has 1 heterocycles. The van der Waals surface area contributed by atoms with Gasteiger partial charge in [0.25, 0.3) is 0 Å². The van der Waals surface area contributed by atoms with Crippen LogP contribution >= 0.6 is 0 Å². The number of imidazole rings is 1. The molecule has 1 aromatic heterocycles. The zero-order valence-electron chi connectivity index (χ0n) is 13.9. The summed E-state index contributed by atoms with van der Waals surface area (Å²) in [7, 11) is -1.39. The van der Waals surface area contributed by atoms with Crippen LogP contribution in [0.25, 0.3) is 11.0 Å². The smallest absolute Gasteiger partial charge is 0.203 e. The van der Waals surface area contributed by atoms with Gasteiger partial charge in [0.15, 0.2) is 9.84 Å². The van der Waals surface area contributed by atoms with Crippen LogP contribution in [0.3, 0.4) is 0 Å². The molecular weight excluding hydrogens is 341 g/mol. The number of aromatic nitrogens is 2. The fourth-order valence-electron chi connectivity index (χ4n) is 2.66. The third-order valence-electron chi connectivity index (χ3n) is 4.08. The van der Waals surface area contributed by atoms with E-state index >= 15 is 0 Å². The van der Waals surface area contributed by atoms with Gasteiger partial charge < -0.3 is 9.88 Å². The molecule has 2 aromatic carbocycles. The van der Waals surface area contributed by atoms with Crippen LogP contribution in [0.15, 0.2) is 48.5 Å². The first-order chi connectivity index (χ1) is 11.9. The van der Waals surface area contributed by atoms with Crippen molar-refractivity contribution in [2.24, 2.45) is 7.05 Å². The summed E-state index contributed by atoms with van der Waals surface area (Å²) in [5, 5.41) is 3.03. The standard InChI is InChI=1S/C18H20FN3O2S/c1-22-17-13-15(19)7-8-16(17)21-18(22)20-10-12-25(23,24)11-9-14-5-3-2-4-6-14/h2-8,13H,9-12H2,1H3,(H,20,21). The van der Waals surface area contributed by atoms with Crippen molar-refractivity contribution in [1.82, 2.24) is 9.55 Å². The highest BCUT2D eigenvalue weighted by Gasteiger charge is 2.13. The van der Waals surface area contributed by atoms with Crippen molar-refractivity contribution < 1.29 is 12.8 Å². The molecule has 3 rings (SSSR count). The maximum absolute atomic E-state index is 13.3. The molecule has 0 fully saturated rings. The van der Waals surface area contributed by atoms with Gasteiger partial charge in [-0.1, -0.05) is 30.3 Å². The molecule has 5 nitrogen and oxygen atoms in total. The quantitative estimate of drug-likeness (QED) is 0.703. The minimum absolute atomic E-state index is 0.0252. The molecule has 7 heteroatoms. The van der Waals surface area contributed by atoms with Gasteiger partial charge in [-0.3, -0.25) is 0 Å². The fourth-order valence-corrected chi connectivity index (χ4v) is 3.82. The van der Waals surface area contributed by atoms with Crippen molar-refractivity contribution in [1.29, 1.82) is 0 Å². The van der Waals surface area contributed by atoms with E-state index < -0.39 is 9.84 Å². The lowest BCUT2D eigenvalue weighted by atomic mass is 10.2. The van der Waals surface area contributed by atoms with Crippen molar-refractivity contribution in [2.45, 2.75) is 6.42 Å². The Balaban J connectivity index is 1.58. The number of halogens is 1. The molecule has 0 spiro atoms. The Morgan fingerprint density at radius 2 is 1.88 bits per heavy atom. The maximum atomic E-state index is 13.3. The summed E-state index contributed by atoms with van der Waals surface area (Å²) in [6.45, 7) is 0.261. The molecule has 0 amide bonds. The van der Waals surface area contributed by atoms with Gasteiger partial charge in [0, 0.05) is 13.6 Å². The summed E-state index contributed by atoms with van der Waals surface area (Å²) in [5.41, 5.74) is 2.34. The van der Waals surface area contributed by atoms with E-state index in [-0.39, 0.29) is 23.9 Å². The number of nitrogens with one attached hydrogen (secondary N) is 1. The highest BCUT2D eigenvalue weighted by molar-refractivity contribution is 7.91. The van der Waals surface area contributed by atoms with Crippen molar-refractivity contribution in [3.63, 3.8) is 0 Å². The number of aryl methyl sites for hydroxylation is 2. The largest absolute Gasteiger partial charge is 0.355 e. The molecule has 25 heavy (non-hydrogen) atoms. The molecule has 132 valence electrons. The Morgan fingerprint density at radius 3 is 2.64 bits per heavy atom. The Morgan fingerprint density at radius 1 is 1.12 bits per heavy atom. The minimum atomic E-state index is -3.16. The molecule has 0 aliphatic rings. The lowest BCUT2D eigenvalue weighted by Gasteiger charge is -2.07. The number of hydrogen-bond acceptors (Lipinski definition) is 4. The summed E-state index contributed by atoms with van der Waals surface area (Å²) >= 11 is 0. The topological polar surface area (TPSA) is 64.0 Å². The third kappa shape index (κ3) is 4.36. The van der Waals surface area contributed by atoms with Gasteiger partial charge in [0.1, 0.15) is 5.82 Å². The molecular formula is C18H20FN3O2S. The van der Waals surface area contributed by atoms with E-state index in [4.69, 9.17) is 0 Å². The van der Waals surface area contributed by atoms with Crippen molar-refractivity contribution in [3.8, 4) is 0 Å². The molecule has 0 aliphatic carbocycles. The van der Waals surface area contributed by atoms with Crippen LogP contribution in [0, 0.1) is 5.82 Å². The Bertz CT molecular complexity index is 969. The van der Waals surface area contributed by atoms with E-state index in [1.165, 1.54) is 12.1 Å². The van der Waals surface area contributed by atoms with Crippen molar-refractivity contribution >= 4 is 26.8 Å². The van der Waals surface area contributed by atoms with E-state index in [0.717, 1.165) is 5.56 Å². The van der Waals surface area contributed by atoms with Gasteiger partial charge in [-0.05, 0) is 30.2 Å². The lowest BCUT2D eigenvalue weighted by molar-refractivity contribution is 0.595. The summed E-state index contributed by atoms with van der Waals surface area (Å²) in [4.78, 5) is 4.36. The van der Waals surface area contributed by atoms with Crippen LogP contribution in [-0.4, -0.2) is 36.0 Å². The Kier molecular flexibility index (Phi) is 5.03. The average molecular weight is 361 g/mol. The maximum Gasteiger partial charge on any atom is 0.203 e. The number of sulfone groups is 1. The summed E-state index contributed by atoms with van der Waals surface area (Å²) < 4.78 is 39.4. The molecule has 3 aromatic rings. The lowest BCUT2D eigenvalue weighted by Crippen LogP contribution is -2.20. The van der Waals surface area contributed by atoms with Gasteiger partial charge in [0.2, 0.25) is 5.95 Å². The molecule has 0 unspecified atom stereocenters. The van der Waals surface area contributed by atoms with Crippen LogP contribution in [-0.2, 0) is 23.3 Å². The van der Waals surface area contributed by atoms with Crippen molar-refractivity contribution in [3.05, 3.63) is 59.9 Å². The van der Waals surface area contributed by atoms with Crippen LogP contribution in [0.1, 0.15) is 5.56 Å². The van der Waals surface area contributed by atoms with Gasteiger partial charge in [-0.15, -0.1) is 0 Å². The number of benzene rings is 2. The summed E-state index contributed by atoms with van der Waals surface area (Å²) in [5.74, 6) is 0.341. The second-order valence-electron chi connectivity index (χ2n) is 5.94. The number of nitrogens with zero attached hydrogens (tertiary/aromatic N) is 2. The minimum Gasteiger partial charge on any atom is -0.355 e. The molecule has 0 saturated heterocycles. The van der Waals surface area contributed by atoms with Gasteiger partial charge in [-0.2, -0.15) is 0 Å². The fraction of sp³-hybridized carbons (Fsp3) is 0.278. The van der Waals surface area contributed by atoms with Crippen LogP contribution < -0.4 is 5.32 Å². The highest BCUT2D eigenvalue weighted by atomic mass is 32.2. The molecule has 0 radical (unpaired) electrons. The number of anilines is 1. The second kappa shape index (κ2) is 7.23. The number of rotatable bonds is 7. The Hall–Kier alpha value is -2.41. The highest BCUT2D eigenvalue weighted by Crippen LogP contribution is 2.19. The average Bonchev–Trinajstić information content (AvgIpc) is 2.90. The second-order valence-corrected chi connectivity index (χ2v) is 8.25. The molecule has 0 atom stereocenters. The first-order valence-electron chi connectivity index (χ1n) is 8.05.